The van der Waals surface area contributed by atoms with Crippen LogP contribution >= 0.6 is 0 Å². The number of ether oxygens (including phenoxy) is 1. The topological polar surface area (TPSA) is 67.0 Å². The Kier molecular flexibility index (Phi) is 4.30. The highest BCUT2D eigenvalue weighted by molar-refractivity contribution is 5.30. The number of nitrogens with zero attached hydrogens (tertiary/aromatic N) is 1. The molecule has 5 heteroatoms. The lowest BCUT2D eigenvalue weighted by Gasteiger charge is -2.06. The molecule has 0 aliphatic carbocycles. The van der Waals surface area contributed by atoms with Crippen LogP contribution in [0.3, 0.4) is 0 Å². The van der Waals surface area contributed by atoms with Gasteiger partial charge in [-0.25, -0.2) is 0 Å². The van der Waals surface area contributed by atoms with E-state index in [2.05, 4.69) is 15.3 Å². The lowest BCUT2D eigenvalue weighted by molar-refractivity contribution is 0.457. The fourth-order valence-electron chi connectivity index (χ4n) is 1.70. The third-order valence-corrected chi connectivity index (χ3v) is 2.63. The first-order chi connectivity index (χ1) is 9.21. The van der Waals surface area contributed by atoms with Crippen molar-refractivity contribution in [3.63, 3.8) is 0 Å². The molecule has 0 spiro atoms. The fraction of sp³-hybridized carbons (Fsp3) is 0.286. The van der Waals surface area contributed by atoms with Crippen molar-refractivity contribution >= 4 is 0 Å². The number of aromatic nitrogens is 2. The summed E-state index contributed by atoms with van der Waals surface area (Å²) >= 11 is 0. The number of aromatic amines is 1. The maximum absolute atomic E-state index is 11.4. The van der Waals surface area contributed by atoms with E-state index in [0.29, 0.717) is 23.9 Å². The summed E-state index contributed by atoms with van der Waals surface area (Å²) < 4.78 is 5.58. The predicted octanol–water partition coefficient (Wildman–Crippen LogP) is 1.84. The van der Waals surface area contributed by atoms with Crippen LogP contribution in [-0.4, -0.2) is 17.0 Å². The Morgan fingerprint density at radius 3 is 2.68 bits per heavy atom. The molecule has 0 aliphatic heterocycles. The van der Waals surface area contributed by atoms with Gasteiger partial charge in [0, 0.05) is 13.0 Å². The molecular formula is C14H17N3O2. The summed E-state index contributed by atoms with van der Waals surface area (Å²) in [4.78, 5) is 18.3. The van der Waals surface area contributed by atoms with Crippen molar-refractivity contribution in [2.24, 2.45) is 0 Å². The number of rotatable bonds is 5. The van der Waals surface area contributed by atoms with Gasteiger partial charge in [-0.05, 0) is 24.7 Å². The van der Waals surface area contributed by atoms with E-state index in [9.17, 15) is 4.79 Å². The third-order valence-electron chi connectivity index (χ3n) is 2.63. The quantitative estimate of drug-likeness (QED) is 0.860. The van der Waals surface area contributed by atoms with E-state index >= 15 is 0 Å². The largest absolute Gasteiger partial charge is 0.439 e. The third kappa shape index (κ3) is 3.66. The average molecular weight is 259 g/mol. The Morgan fingerprint density at radius 1 is 1.32 bits per heavy atom. The first-order valence-electron chi connectivity index (χ1n) is 6.23. The van der Waals surface area contributed by atoms with Crippen LogP contribution in [0, 0.1) is 0 Å². The Morgan fingerprint density at radius 2 is 2.05 bits per heavy atom. The maximum Gasteiger partial charge on any atom is 0.254 e. The standard InChI is InChI=1S/C14H17N3O2/c1-3-12-16-13(18)8-14(17-12)19-11-6-4-10(5-7-11)9-15-2/h4-8,15H,3,9H2,1-2H3,(H,16,17,18). The summed E-state index contributed by atoms with van der Waals surface area (Å²) in [6.07, 6.45) is 0.660. The molecule has 2 aromatic rings. The number of H-pyrrole nitrogens is 1. The van der Waals surface area contributed by atoms with Gasteiger partial charge in [-0.2, -0.15) is 4.98 Å². The first-order valence-corrected chi connectivity index (χ1v) is 6.23. The molecule has 0 saturated carbocycles. The van der Waals surface area contributed by atoms with Gasteiger partial charge in [-0.3, -0.25) is 4.79 Å². The summed E-state index contributed by atoms with van der Waals surface area (Å²) in [5, 5.41) is 3.08. The molecule has 0 aliphatic rings. The van der Waals surface area contributed by atoms with Crippen molar-refractivity contribution in [3.05, 3.63) is 52.1 Å². The van der Waals surface area contributed by atoms with Gasteiger partial charge in [0.1, 0.15) is 11.6 Å². The van der Waals surface area contributed by atoms with Gasteiger partial charge in [0.15, 0.2) is 0 Å². The minimum Gasteiger partial charge on any atom is -0.439 e. The molecule has 1 heterocycles. The number of benzene rings is 1. The van der Waals surface area contributed by atoms with Crippen LogP contribution in [0.25, 0.3) is 0 Å². The number of aryl methyl sites for hydroxylation is 1. The van der Waals surface area contributed by atoms with Gasteiger partial charge in [0.05, 0.1) is 6.07 Å². The Hall–Kier alpha value is -2.14. The van der Waals surface area contributed by atoms with E-state index in [1.165, 1.54) is 11.6 Å². The molecule has 0 amide bonds. The van der Waals surface area contributed by atoms with Crippen LogP contribution in [0.1, 0.15) is 18.3 Å². The molecule has 1 aromatic heterocycles. The van der Waals surface area contributed by atoms with Crippen molar-refractivity contribution in [2.45, 2.75) is 19.9 Å². The number of hydrogen-bond acceptors (Lipinski definition) is 4. The van der Waals surface area contributed by atoms with E-state index in [1.807, 2.05) is 38.2 Å². The molecule has 2 N–H and O–H groups in total. The van der Waals surface area contributed by atoms with Crippen LogP contribution in [-0.2, 0) is 13.0 Å². The van der Waals surface area contributed by atoms with E-state index in [4.69, 9.17) is 4.74 Å². The van der Waals surface area contributed by atoms with Crippen LogP contribution in [0.15, 0.2) is 35.1 Å². The van der Waals surface area contributed by atoms with Crippen LogP contribution in [0.5, 0.6) is 11.6 Å². The second kappa shape index (κ2) is 6.15. The van der Waals surface area contributed by atoms with Gasteiger partial charge in [0.25, 0.3) is 5.56 Å². The number of hydrogen-bond donors (Lipinski definition) is 2. The second-order valence-electron chi connectivity index (χ2n) is 4.16. The van der Waals surface area contributed by atoms with Gasteiger partial charge >= 0.3 is 0 Å². The Balaban J connectivity index is 2.16. The number of nitrogens with one attached hydrogen (secondary N) is 2. The van der Waals surface area contributed by atoms with Crippen LogP contribution in [0.4, 0.5) is 0 Å². The summed E-state index contributed by atoms with van der Waals surface area (Å²) in [6, 6.07) is 9.02. The molecule has 0 fully saturated rings. The Labute approximate surface area is 111 Å². The lowest BCUT2D eigenvalue weighted by atomic mass is 10.2. The van der Waals surface area contributed by atoms with Gasteiger partial charge < -0.3 is 15.0 Å². The highest BCUT2D eigenvalue weighted by atomic mass is 16.5. The molecule has 100 valence electrons. The van der Waals surface area contributed by atoms with Crippen LogP contribution in [0.2, 0.25) is 0 Å². The van der Waals surface area contributed by atoms with Crippen molar-refractivity contribution < 1.29 is 4.74 Å². The monoisotopic (exact) mass is 259 g/mol. The molecule has 2 rings (SSSR count). The first kappa shape index (κ1) is 13.3. The molecule has 0 radical (unpaired) electrons. The van der Waals surface area contributed by atoms with Gasteiger partial charge in [-0.15, -0.1) is 0 Å². The summed E-state index contributed by atoms with van der Waals surface area (Å²) in [7, 11) is 1.90. The van der Waals surface area contributed by atoms with E-state index < -0.39 is 0 Å². The minimum atomic E-state index is -0.200. The van der Waals surface area contributed by atoms with Crippen molar-refractivity contribution in [1.29, 1.82) is 0 Å². The lowest BCUT2D eigenvalue weighted by Crippen LogP contribution is -2.10. The van der Waals surface area contributed by atoms with E-state index in [-0.39, 0.29) is 5.56 Å². The molecule has 0 atom stereocenters. The van der Waals surface area contributed by atoms with Gasteiger partial charge in [-0.1, -0.05) is 19.1 Å². The molecule has 0 saturated heterocycles. The SMILES string of the molecule is CCc1nc(Oc2ccc(CNC)cc2)cc(=O)[nH]1. The normalized spacial score (nSPS) is 10.4. The highest BCUT2D eigenvalue weighted by Crippen LogP contribution is 2.18. The summed E-state index contributed by atoms with van der Waals surface area (Å²) in [5.74, 6) is 1.61. The second-order valence-corrected chi connectivity index (χ2v) is 4.16. The van der Waals surface area contributed by atoms with Crippen molar-refractivity contribution in [2.75, 3.05) is 7.05 Å². The van der Waals surface area contributed by atoms with Crippen LogP contribution < -0.4 is 15.6 Å². The maximum atomic E-state index is 11.4. The highest BCUT2D eigenvalue weighted by Gasteiger charge is 2.02. The van der Waals surface area contributed by atoms with Crippen molar-refractivity contribution in [3.8, 4) is 11.6 Å². The molecule has 0 bridgehead atoms. The molecule has 19 heavy (non-hydrogen) atoms. The zero-order valence-electron chi connectivity index (χ0n) is 11.1. The zero-order valence-corrected chi connectivity index (χ0v) is 11.1. The molecule has 1 aromatic carbocycles. The Bertz CT molecular complexity index is 590. The van der Waals surface area contributed by atoms with E-state index in [0.717, 1.165) is 6.54 Å². The summed E-state index contributed by atoms with van der Waals surface area (Å²) in [5.41, 5.74) is 0.969. The zero-order chi connectivity index (χ0) is 13.7. The summed E-state index contributed by atoms with van der Waals surface area (Å²) in [6.45, 7) is 2.73. The van der Waals surface area contributed by atoms with E-state index in [1.54, 1.807) is 0 Å². The van der Waals surface area contributed by atoms with Crippen molar-refractivity contribution in [1.82, 2.24) is 15.3 Å². The molecular weight excluding hydrogens is 242 g/mol. The fourth-order valence-corrected chi connectivity index (χ4v) is 1.70. The molecule has 5 nitrogen and oxygen atoms in total. The predicted molar refractivity (Wildman–Crippen MR) is 73.5 cm³/mol. The smallest absolute Gasteiger partial charge is 0.254 e. The average Bonchev–Trinajstić information content (AvgIpc) is 2.40. The minimum absolute atomic E-state index is 0.200. The molecule has 0 unspecified atom stereocenters. The van der Waals surface area contributed by atoms with Gasteiger partial charge in [0.2, 0.25) is 5.88 Å².